The highest BCUT2D eigenvalue weighted by Crippen LogP contribution is 2.19. The molecule has 0 aliphatic rings. The number of thioether (sulfide) groups is 1. The van der Waals surface area contributed by atoms with Crippen molar-refractivity contribution in [2.24, 2.45) is 0 Å². The zero-order chi connectivity index (χ0) is 22.6. The van der Waals surface area contributed by atoms with Crippen molar-refractivity contribution in [2.45, 2.75) is 45.0 Å². The van der Waals surface area contributed by atoms with E-state index in [1.807, 2.05) is 48.5 Å². The number of nitrogens with zero attached hydrogens (tertiary/aromatic N) is 1. The van der Waals surface area contributed by atoms with Gasteiger partial charge < -0.3 is 15.0 Å². The van der Waals surface area contributed by atoms with Gasteiger partial charge in [0.15, 0.2) is 0 Å². The molecule has 0 saturated carbocycles. The first-order chi connectivity index (χ1) is 14.9. The molecule has 0 spiro atoms. The van der Waals surface area contributed by atoms with Crippen molar-refractivity contribution >= 4 is 39.5 Å². The van der Waals surface area contributed by atoms with E-state index in [1.54, 1.807) is 30.7 Å². The average Bonchev–Trinajstić information content (AvgIpc) is 2.78. The second kappa shape index (κ2) is 13.4. The minimum atomic E-state index is -0.533. The monoisotopic (exact) mass is 506 g/mol. The molecule has 7 heteroatoms. The number of rotatable bonds is 12. The summed E-state index contributed by atoms with van der Waals surface area (Å²) in [6.07, 6.45) is 1.94. The van der Waals surface area contributed by atoms with Gasteiger partial charge in [-0.3, -0.25) is 9.59 Å². The smallest absolute Gasteiger partial charge is 0.242 e. The lowest BCUT2D eigenvalue weighted by Crippen LogP contribution is -2.48. The van der Waals surface area contributed by atoms with Gasteiger partial charge in [-0.1, -0.05) is 53.5 Å². The lowest BCUT2D eigenvalue weighted by Gasteiger charge is -2.29. The van der Waals surface area contributed by atoms with Gasteiger partial charge in [-0.15, -0.1) is 11.8 Å². The maximum absolute atomic E-state index is 13.1. The molecule has 5 nitrogen and oxygen atoms in total. The number of methoxy groups -OCH3 is 1. The Labute approximate surface area is 198 Å². The molecule has 2 aromatic carbocycles. The first-order valence-corrected chi connectivity index (χ1v) is 12.4. The maximum Gasteiger partial charge on any atom is 0.242 e. The Kier molecular flexibility index (Phi) is 10.9. The third-order valence-corrected chi connectivity index (χ3v) is 6.43. The summed E-state index contributed by atoms with van der Waals surface area (Å²) in [7, 11) is 1.64. The highest BCUT2D eigenvalue weighted by atomic mass is 79.9. The van der Waals surface area contributed by atoms with Crippen LogP contribution in [0.15, 0.2) is 53.0 Å². The molecule has 0 heterocycles. The number of amides is 2. The number of benzene rings is 2. The van der Waals surface area contributed by atoms with E-state index in [9.17, 15) is 9.59 Å². The van der Waals surface area contributed by atoms with Gasteiger partial charge in [0.05, 0.1) is 12.9 Å². The first-order valence-electron chi connectivity index (χ1n) is 10.5. The molecular weight excluding hydrogens is 476 g/mol. The molecule has 1 atom stereocenters. The quantitative estimate of drug-likeness (QED) is 0.410. The first kappa shape index (κ1) is 25.3. The molecule has 0 aliphatic carbocycles. The molecular formula is C24H31BrN2O3S. The number of carbonyl (C=O) groups is 2. The fourth-order valence-corrected chi connectivity index (χ4v) is 4.10. The van der Waals surface area contributed by atoms with Crippen LogP contribution < -0.4 is 10.1 Å². The van der Waals surface area contributed by atoms with Crippen molar-refractivity contribution in [2.75, 3.05) is 19.4 Å². The molecule has 2 amide bonds. The molecule has 31 heavy (non-hydrogen) atoms. The minimum absolute atomic E-state index is 0.0421. The number of unbranched alkanes of at least 4 members (excludes halogenated alkanes) is 1. The number of carbonyl (C=O) groups excluding carboxylic acids is 2. The van der Waals surface area contributed by atoms with E-state index in [2.05, 4.69) is 28.2 Å². The Balaban J connectivity index is 2.01. The fraction of sp³-hybridized carbons (Fsp3) is 0.417. The molecule has 2 rings (SSSR count). The minimum Gasteiger partial charge on any atom is -0.497 e. The summed E-state index contributed by atoms with van der Waals surface area (Å²) in [6, 6.07) is 15.1. The van der Waals surface area contributed by atoms with Crippen LogP contribution in [-0.4, -0.2) is 42.2 Å². The summed E-state index contributed by atoms with van der Waals surface area (Å²) in [6.45, 7) is 4.91. The Hall–Kier alpha value is -1.99. The number of hydrogen-bond acceptors (Lipinski definition) is 4. The van der Waals surface area contributed by atoms with Crippen LogP contribution >= 0.6 is 27.7 Å². The Morgan fingerprint density at radius 1 is 1.10 bits per heavy atom. The van der Waals surface area contributed by atoms with E-state index < -0.39 is 6.04 Å². The topological polar surface area (TPSA) is 58.6 Å². The van der Waals surface area contributed by atoms with Crippen LogP contribution in [0.3, 0.4) is 0 Å². The predicted octanol–water partition coefficient (Wildman–Crippen LogP) is 5.02. The van der Waals surface area contributed by atoms with Crippen LogP contribution in [0.25, 0.3) is 0 Å². The van der Waals surface area contributed by atoms with E-state index in [0.29, 0.717) is 18.8 Å². The molecule has 0 radical (unpaired) electrons. The van der Waals surface area contributed by atoms with E-state index >= 15 is 0 Å². The van der Waals surface area contributed by atoms with Gasteiger partial charge in [0.1, 0.15) is 11.8 Å². The molecule has 0 bridgehead atoms. The van der Waals surface area contributed by atoms with Crippen LogP contribution in [0, 0.1) is 0 Å². The van der Waals surface area contributed by atoms with Crippen LogP contribution in [0.5, 0.6) is 5.75 Å². The second-order valence-electron chi connectivity index (χ2n) is 7.31. The molecule has 2 aromatic rings. The zero-order valence-corrected chi connectivity index (χ0v) is 20.8. The summed E-state index contributed by atoms with van der Waals surface area (Å²) in [5.41, 5.74) is 2.12. The highest BCUT2D eigenvalue weighted by Gasteiger charge is 2.25. The number of nitrogens with one attached hydrogen (secondary N) is 1. The molecule has 0 aliphatic heterocycles. The second-order valence-corrected chi connectivity index (χ2v) is 9.21. The fourth-order valence-electron chi connectivity index (χ4n) is 2.97. The van der Waals surface area contributed by atoms with Gasteiger partial charge in [-0.2, -0.15) is 0 Å². The largest absolute Gasteiger partial charge is 0.497 e. The van der Waals surface area contributed by atoms with Crippen molar-refractivity contribution in [3.05, 3.63) is 64.1 Å². The van der Waals surface area contributed by atoms with Crippen LogP contribution in [-0.2, 0) is 21.9 Å². The predicted molar refractivity (Wildman–Crippen MR) is 131 cm³/mol. The normalized spacial score (nSPS) is 11.6. The molecule has 1 N–H and O–H groups in total. The van der Waals surface area contributed by atoms with Gasteiger partial charge in [0.25, 0.3) is 0 Å². The van der Waals surface area contributed by atoms with Gasteiger partial charge in [0.2, 0.25) is 11.8 Å². The SMILES string of the molecule is CCCCNC(=O)[C@H](C)N(Cc1ccc(Br)cc1)C(=O)CSCc1ccc(OC)cc1. The summed E-state index contributed by atoms with van der Waals surface area (Å²) >= 11 is 4.99. The van der Waals surface area contributed by atoms with Gasteiger partial charge in [-0.05, 0) is 48.7 Å². The van der Waals surface area contributed by atoms with Crippen LogP contribution in [0.2, 0.25) is 0 Å². The Morgan fingerprint density at radius 3 is 2.35 bits per heavy atom. The van der Waals surface area contributed by atoms with Crippen LogP contribution in [0.4, 0.5) is 0 Å². The molecule has 0 fully saturated rings. The molecule has 0 saturated heterocycles. The van der Waals surface area contributed by atoms with E-state index in [1.165, 1.54) is 0 Å². The lowest BCUT2D eigenvalue weighted by molar-refractivity contribution is -0.138. The molecule has 0 unspecified atom stereocenters. The third kappa shape index (κ3) is 8.57. The van der Waals surface area contributed by atoms with Crippen molar-refractivity contribution in [1.82, 2.24) is 10.2 Å². The van der Waals surface area contributed by atoms with E-state index in [4.69, 9.17) is 4.74 Å². The molecule has 168 valence electrons. The van der Waals surface area contributed by atoms with Crippen molar-refractivity contribution in [1.29, 1.82) is 0 Å². The summed E-state index contributed by atoms with van der Waals surface area (Å²) in [5, 5.41) is 2.95. The Bertz CT molecular complexity index is 828. The maximum atomic E-state index is 13.1. The lowest BCUT2D eigenvalue weighted by atomic mass is 10.1. The van der Waals surface area contributed by atoms with E-state index in [0.717, 1.165) is 39.9 Å². The summed E-state index contributed by atoms with van der Waals surface area (Å²) in [5.74, 6) is 1.70. The number of ether oxygens (including phenoxy) is 1. The third-order valence-electron chi connectivity index (χ3n) is 4.92. The van der Waals surface area contributed by atoms with E-state index in [-0.39, 0.29) is 11.8 Å². The van der Waals surface area contributed by atoms with Crippen molar-refractivity contribution < 1.29 is 14.3 Å². The standard InChI is InChI=1S/C24H31BrN2O3S/c1-4-5-14-26-24(29)18(2)27(15-19-6-10-21(25)11-7-19)23(28)17-31-16-20-8-12-22(30-3)13-9-20/h6-13,18H,4-5,14-17H2,1-3H3,(H,26,29)/t18-/m0/s1. The average molecular weight is 507 g/mol. The zero-order valence-electron chi connectivity index (χ0n) is 18.4. The van der Waals surface area contributed by atoms with Gasteiger partial charge >= 0.3 is 0 Å². The number of halogens is 1. The number of hydrogen-bond donors (Lipinski definition) is 1. The van der Waals surface area contributed by atoms with Gasteiger partial charge in [0, 0.05) is 23.3 Å². The van der Waals surface area contributed by atoms with Crippen molar-refractivity contribution in [3.63, 3.8) is 0 Å². The highest BCUT2D eigenvalue weighted by molar-refractivity contribution is 9.10. The van der Waals surface area contributed by atoms with Gasteiger partial charge in [-0.25, -0.2) is 0 Å². The van der Waals surface area contributed by atoms with Crippen LogP contribution in [0.1, 0.15) is 37.8 Å². The Morgan fingerprint density at radius 2 is 1.74 bits per heavy atom. The summed E-state index contributed by atoms with van der Waals surface area (Å²) in [4.78, 5) is 27.4. The summed E-state index contributed by atoms with van der Waals surface area (Å²) < 4.78 is 6.16. The molecule has 0 aromatic heterocycles. The van der Waals surface area contributed by atoms with Crippen molar-refractivity contribution in [3.8, 4) is 5.75 Å².